The molecule has 3 aromatic rings. The highest BCUT2D eigenvalue weighted by atomic mass is 32.2. The van der Waals surface area contributed by atoms with E-state index in [9.17, 15) is 13.2 Å². The quantitative estimate of drug-likeness (QED) is 0.692. The largest absolute Gasteiger partial charge is 0.321 e. The summed E-state index contributed by atoms with van der Waals surface area (Å²) in [6, 6.07) is 20.2. The Kier molecular flexibility index (Phi) is 5.46. The molecule has 5 nitrogen and oxygen atoms in total. The van der Waals surface area contributed by atoms with Gasteiger partial charge in [-0.05, 0) is 49.6 Å². The fourth-order valence-electron chi connectivity index (χ4n) is 3.00. The number of hydrogen-bond acceptors (Lipinski definition) is 3. The Balaban J connectivity index is 1.84. The van der Waals surface area contributed by atoms with Gasteiger partial charge in [-0.2, -0.15) is 0 Å². The van der Waals surface area contributed by atoms with E-state index in [4.69, 9.17) is 0 Å². The fraction of sp³-hybridized carbons (Fsp3) is 0.190. The predicted octanol–water partition coefficient (Wildman–Crippen LogP) is 4.27. The molecule has 0 aliphatic rings. The Labute approximate surface area is 159 Å². The Bertz CT molecular complexity index is 1050. The lowest BCUT2D eigenvalue weighted by molar-refractivity contribution is 0.102. The van der Waals surface area contributed by atoms with Crippen molar-refractivity contribution in [3.63, 3.8) is 0 Å². The lowest BCUT2D eigenvalue weighted by atomic mass is 10.1. The molecule has 0 unspecified atom stereocenters. The number of fused-ring (bicyclic) bond motifs is 1. The van der Waals surface area contributed by atoms with Gasteiger partial charge in [0.15, 0.2) is 0 Å². The minimum absolute atomic E-state index is 0.0319. The lowest BCUT2D eigenvalue weighted by Gasteiger charge is -2.22. The first-order valence-electron chi connectivity index (χ1n) is 8.86. The molecule has 0 aliphatic carbocycles. The smallest absolute Gasteiger partial charge is 0.255 e. The van der Waals surface area contributed by atoms with Crippen LogP contribution in [0, 0.1) is 0 Å². The second-order valence-corrected chi connectivity index (χ2v) is 8.27. The van der Waals surface area contributed by atoms with Gasteiger partial charge in [-0.1, -0.05) is 36.4 Å². The van der Waals surface area contributed by atoms with Crippen LogP contribution in [0.5, 0.6) is 0 Å². The fourth-order valence-corrected chi connectivity index (χ4v) is 4.15. The molecule has 27 heavy (non-hydrogen) atoms. The van der Waals surface area contributed by atoms with Gasteiger partial charge < -0.3 is 5.32 Å². The number of amides is 1. The third kappa shape index (κ3) is 3.95. The van der Waals surface area contributed by atoms with Crippen molar-refractivity contribution < 1.29 is 13.2 Å². The molecule has 1 amide bonds. The highest BCUT2D eigenvalue weighted by molar-refractivity contribution is 7.92. The Morgan fingerprint density at radius 1 is 0.926 bits per heavy atom. The SMILES string of the molecule is CCN(c1ccc(C(=O)Nc2cccc3ccccc23)cc1)S(=O)(=O)CC. The van der Waals surface area contributed by atoms with Crippen LogP contribution in [-0.2, 0) is 10.0 Å². The molecule has 1 N–H and O–H groups in total. The summed E-state index contributed by atoms with van der Waals surface area (Å²) in [6.45, 7) is 3.75. The second-order valence-electron chi connectivity index (χ2n) is 6.09. The zero-order valence-electron chi connectivity index (χ0n) is 15.3. The van der Waals surface area contributed by atoms with Gasteiger partial charge in [-0.25, -0.2) is 8.42 Å². The van der Waals surface area contributed by atoms with Crippen molar-refractivity contribution in [3.8, 4) is 0 Å². The van der Waals surface area contributed by atoms with Crippen LogP contribution >= 0.6 is 0 Å². The minimum Gasteiger partial charge on any atom is -0.321 e. The van der Waals surface area contributed by atoms with Crippen LogP contribution in [0.3, 0.4) is 0 Å². The van der Waals surface area contributed by atoms with E-state index in [1.54, 1.807) is 38.1 Å². The number of carbonyl (C=O) groups is 1. The Morgan fingerprint density at radius 2 is 1.59 bits per heavy atom. The Hall–Kier alpha value is -2.86. The van der Waals surface area contributed by atoms with Crippen molar-refractivity contribution in [1.82, 2.24) is 0 Å². The molecule has 0 heterocycles. The summed E-state index contributed by atoms with van der Waals surface area (Å²) in [5, 5.41) is 4.95. The molecule has 6 heteroatoms. The van der Waals surface area contributed by atoms with Crippen molar-refractivity contribution in [2.45, 2.75) is 13.8 Å². The average molecular weight is 382 g/mol. The van der Waals surface area contributed by atoms with Gasteiger partial charge in [0, 0.05) is 23.2 Å². The maximum atomic E-state index is 12.6. The number of carbonyl (C=O) groups excluding carboxylic acids is 1. The molecule has 140 valence electrons. The minimum atomic E-state index is -3.34. The summed E-state index contributed by atoms with van der Waals surface area (Å²) < 4.78 is 25.7. The normalized spacial score (nSPS) is 11.3. The summed E-state index contributed by atoms with van der Waals surface area (Å²) >= 11 is 0. The maximum absolute atomic E-state index is 12.6. The number of nitrogens with one attached hydrogen (secondary N) is 1. The van der Waals surface area contributed by atoms with Gasteiger partial charge in [0.1, 0.15) is 0 Å². The van der Waals surface area contributed by atoms with Crippen LogP contribution in [0.1, 0.15) is 24.2 Å². The number of sulfonamides is 1. The van der Waals surface area contributed by atoms with Crippen LogP contribution in [0.25, 0.3) is 10.8 Å². The molecule has 0 saturated carbocycles. The number of rotatable bonds is 6. The van der Waals surface area contributed by atoms with E-state index < -0.39 is 10.0 Å². The molecule has 0 saturated heterocycles. The standard InChI is InChI=1S/C21H22N2O3S/c1-3-23(27(25,26)4-2)18-14-12-17(13-15-18)21(24)22-20-11-7-9-16-8-5-6-10-19(16)20/h5-15H,3-4H2,1-2H3,(H,22,24). The molecular weight excluding hydrogens is 360 g/mol. The molecule has 3 aromatic carbocycles. The van der Waals surface area contributed by atoms with Gasteiger partial charge in [-0.15, -0.1) is 0 Å². The topological polar surface area (TPSA) is 66.5 Å². The molecule has 0 fully saturated rings. The van der Waals surface area contributed by atoms with Crippen molar-refractivity contribution in [3.05, 3.63) is 72.3 Å². The highest BCUT2D eigenvalue weighted by Crippen LogP contribution is 2.24. The molecule has 0 bridgehead atoms. The third-order valence-corrected chi connectivity index (χ3v) is 6.31. The van der Waals surface area contributed by atoms with E-state index in [0.717, 1.165) is 16.5 Å². The van der Waals surface area contributed by atoms with Gasteiger partial charge >= 0.3 is 0 Å². The van der Waals surface area contributed by atoms with E-state index in [1.165, 1.54) is 4.31 Å². The summed E-state index contributed by atoms with van der Waals surface area (Å²) in [7, 11) is -3.34. The molecular formula is C21H22N2O3S. The molecule has 0 spiro atoms. The maximum Gasteiger partial charge on any atom is 0.255 e. The molecule has 0 radical (unpaired) electrons. The molecule has 0 aliphatic heterocycles. The first-order valence-corrected chi connectivity index (χ1v) is 10.5. The second kappa shape index (κ2) is 7.80. The summed E-state index contributed by atoms with van der Waals surface area (Å²) in [5.74, 6) is -0.205. The van der Waals surface area contributed by atoms with E-state index in [0.29, 0.717) is 17.8 Å². The first kappa shape index (κ1) is 18.9. The predicted molar refractivity (Wildman–Crippen MR) is 111 cm³/mol. The summed E-state index contributed by atoms with van der Waals surface area (Å²) in [4.78, 5) is 12.6. The van der Waals surface area contributed by atoms with Gasteiger partial charge in [0.05, 0.1) is 11.4 Å². The zero-order chi connectivity index (χ0) is 19.4. The van der Waals surface area contributed by atoms with Crippen LogP contribution in [0.2, 0.25) is 0 Å². The van der Waals surface area contributed by atoms with Gasteiger partial charge in [0.25, 0.3) is 5.91 Å². The van der Waals surface area contributed by atoms with Gasteiger partial charge in [-0.3, -0.25) is 9.10 Å². The number of nitrogens with zero attached hydrogens (tertiary/aromatic N) is 1. The number of anilines is 2. The first-order chi connectivity index (χ1) is 13.0. The van der Waals surface area contributed by atoms with Crippen LogP contribution in [-0.4, -0.2) is 26.6 Å². The van der Waals surface area contributed by atoms with Crippen LogP contribution in [0.15, 0.2) is 66.7 Å². The van der Waals surface area contributed by atoms with Crippen molar-refractivity contribution in [2.75, 3.05) is 21.9 Å². The van der Waals surface area contributed by atoms with Crippen LogP contribution < -0.4 is 9.62 Å². The summed E-state index contributed by atoms with van der Waals surface area (Å²) in [5.41, 5.74) is 1.77. The molecule has 0 aromatic heterocycles. The van der Waals surface area contributed by atoms with E-state index >= 15 is 0 Å². The molecule has 0 atom stereocenters. The van der Waals surface area contributed by atoms with Gasteiger partial charge in [0.2, 0.25) is 10.0 Å². The highest BCUT2D eigenvalue weighted by Gasteiger charge is 2.19. The van der Waals surface area contributed by atoms with Crippen LogP contribution in [0.4, 0.5) is 11.4 Å². The van der Waals surface area contributed by atoms with Crippen molar-refractivity contribution >= 4 is 38.1 Å². The number of hydrogen-bond donors (Lipinski definition) is 1. The Morgan fingerprint density at radius 3 is 2.26 bits per heavy atom. The molecule has 3 rings (SSSR count). The zero-order valence-corrected chi connectivity index (χ0v) is 16.2. The average Bonchev–Trinajstić information content (AvgIpc) is 2.69. The monoisotopic (exact) mass is 382 g/mol. The lowest BCUT2D eigenvalue weighted by Crippen LogP contribution is -2.32. The van der Waals surface area contributed by atoms with E-state index in [-0.39, 0.29) is 11.7 Å². The summed E-state index contributed by atoms with van der Waals surface area (Å²) in [6.07, 6.45) is 0. The number of benzene rings is 3. The van der Waals surface area contributed by atoms with Crippen molar-refractivity contribution in [2.24, 2.45) is 0 Å². The van der Waals surface area contributed by atoms with E-state index in [2.05, 4.69) is 5.32 Å². The van der Waals surface area contributed by atoms with E-state index in [1.807, 2.05) is 42.5 Å². The van der Waals surface area contributed by atoms with Crippen molar-refractivity contribution in [1.29, 1.82) is 0 Å². The third-order valence-electron chi connectivity index (χ3n) is 4.44.